The highest BCUT2D eigenvalue weighted by Gasteiger charge is 2.25. The zero-order valence-electron chi connectivity index (χ0n) is 16.7. The summed E-state index contributed by atoms with van der Waals surface area (Å²) in [6, 6.07) is 11.2. The minimum absolute atomic E-state index is 0.0772. The van der Waals surface area contributed by atoms with E-state index in [4.69, 9.17) is 11.6 Å². The van der Waals surface area contributed by atoms with Crippen molar-refractivity contribution in [2.75, 3.05) is 23.7 Å². The molecule has 2 N–H and O–H groups in total. The van der Waals surface area contributed by atoms with E-state index in [2.05, 4.69) is 10.6 Å². The van der Waals surface area contributed by atoms with Crippen molar-refractivity contribution in [1.29, 1.82) is 0 Å². The van der Waals surface area contributed by atoms with Crippen molar-refractivity contribution >= 4 is 44.8 Å². The molecule has 1 saturated heterocycles. The lowest BCUT2D eigenvalue weighted by Gasteiger charge is -2.25. The Labute approximate surface area is 181 Å². The second-order valence-electron chi connectivity index (χ2n) is 7.21. The Morgan fingerprint density at radius 3 is 2.27 bits per heavy atom. The third-order valence-corrected chi connectivity index (χ3v) is 7.03. The summed E-state index contributed by atoms with van der Waals surface area (Å²) in [7, 11) is -3.49. The van der Waals surface area contributed by atoms with E-state index in [1.54, 1.807) is 42.5 Å². The van der Waals surface area contributed by atoms with Gasteiger partial charge in [-0.15, -0.1) is 0 Å². The maximum absolute atomic E-state index is 12.7. The van der Waals surface area contributed by atoms with Gasteiger partial charge < -0.3 is 10.6 Å². The fourth-order valence-electron chi connectivity index (χ4n) is 3.31. The molecule has 0 aromatic heterocycles. The van der Waals surface area contributed by atoms with Gasteiger partial charge in [0.05, 0.1) is 22.0 Å². The highest BCUT2D eigenvalue weighted by molar-refractivity contribution is 7.89. The average Bonchev–Trinajstić information content (AvgIpc) is 2.71. The van der Waals surface area contributed by atoms with Gasteiger partial charge in [-0.05, 0) is 48.7 Å². The second kappa shape index (κ2) is 9.59. The number of sulfonamides is 1. The summed E-state index contributed by atoms with van der Waals surface area (Å²) >= 11 is 6.17. The topological polar surface area (TPSA) is 95.6 Å². The van der Waals surface area contributed by atoms with Crippen molar-refractivity contribution < 1.29 is 18.0 Å². The van der Waals surface area contributed by atoms with Crippen LogP contribution < -0.4 is 10.6 Å². The third kappa shape index (κ3) is 5.59. The number of carbonyl (C=O) groups is 2. The van der Waals surface area contributed by atoms with Crippen LogP contribution in [0, 0.1) is 0 Å². The Balaban J connectivity index is 1.63. The lowest BCUT2D eigenvalue weighted by Crippen LogP contribution is -2.35. The molecule has 2 aromatic carbocycles. The van der Waals surface area contributed by atoms with Crippen molar-refractivity contribution in [3.8, 4) is 0 Å². The van der Waals surface area contributed by atoms with Crippen LogP contribution >= 0.6 is 11.6 Å². The largest absolute Gasteiger partial charge is 0.326 e. The summed E-state index contributed by atoms with van der Waals surface area (Å²) < 4.78 is 26.9. The third-order valence-electron chi connectivity index (χ3n) is 4.80. The minimum atomic E-state index is -3.49. The molecule has 3 rings (SSSR count). The van der Waals surface area contributed by atoms with Gasteiger partial charge in [0.15, 0.2) is 0 Å². The predicted octanol–water partition coefficient (Wildman–Crippen LogP) is 3.65. The van der Waals surface area contributed by atoms with Crippen LogP contribution in [0.5, 0.6) is 0 Å². The number of anilines is 2. The molecule has 0 radical (unpaired) electrons. The first-order valence-electron chi connectivity index (χ1n) is 9.72. The molecular formula is C21H24ClN3O4S. The number of hydrogen-bond acceptors (Lipinski definition) is 4. The molecule has 9 heteroatoms. The molecule has 0 unspecified atom stereocenters. The fourth-order valence-corrected chi connectivity index (χ4v) is 5.06. The Morgan fingerprint density at radius 2 is 1.67 bits per heavy atom. The summed E-state index contributed by atoms with van der Waals surface area (Å²) in [6.07, 6.45) is 2.89. The van der Waals surface area contributed by atoms with Crippen molar-refractivity contribution in [1.82, 2.24) is 4.31 Å². The van der Waals surface area contributed by atoms with Crippen LogP contribution in [0.15, 0.2) is 47.4 Å². The summed E-state index contributed by atoms with van der Waals surface area (Å²) in [5, 5.41) is 5.65. The Hall–Kier alpha value is -2.42. The van der Waals surface area contributed by atoms with Gasteiger partial charge in [0.25, 0.3) is 0 Å². The Kier molecular flexibility index (Phi) is 7.12. The summed E-state index contributed by atoms with van der Waals surface area (Å²) in [4.78, 5) is 23.7. The molecule has 0 saturated carbocycles. The quantitative estimate of drug-likeness (QED) is 0.703. The lowest BCUT2D eigenvalue weighted by atomic mass is 10.1. The highest BCUT2D eigenvalue weighted by atomic mass is 35.5. The van der Waals surface area contributed by atoms with Crippen LogP contribution in [-0.4, -0.2) is 37.6 Å². The van der Waals surface area contributed by atoms with Gasteiger partial charge in [0.2, 0.25) is 21.8 Å². The number of hydrogen-bond donors (Lipinski definition) is 2. The smallest absolute Gasteiger partial charge is 0.243 e. The fraction of sp³-hybridized carbons (Fsp3) is 0.333. The molecule has 7 nitrogen and oxygen atoms in total. The SMILES string of the molecule is CC(=O)Nc1ccc(NC(=O)Cc2ccc(S(=O)(=O)N3CCCCC3)cc2)c(Cl)c1. The van der Waals surface area contributed by atoms with Gasteiger partial charge in [-0.25, -0.2) is 8.42 Å². The molecule has 0 atom stereocenters. The molecule has 2 amide bonds. The molecule has 2 aromatic rings. The Bertz CT molecular complexity index is 1030. The van der Waals surface area contributed by atoms with E-state index in [9.17, 15) is 18.0 Å². The number of benzene rings is 2. The number of nitrogens with zero attached hydrogens (tertiary/aromatic N) is 1. The molecule has 30 heavy (non-hydrogen) atoms. The zero-order valence-corrected chi connectivity index (χ0v) is 18.2. The summed E-state index contributed by atoms with van der Waals surface area (Å²) in [5.74, 6) is -0.496. The van der Waals surface area contributed by atoms with Crippen LogP contribution in [-0.2, 0) is 26.0 Å². The van der Waals surface area contributed by atoms with Crippen molar-refractivity contribution in [2.24, 2.45) is 0 Å². The first-order valence-corrected chi connectivity index (χ1v) is 11.5. The van der Waals surface area contributed by atoms with E-state index in [1.807, 2.05) is 0 Å². The van der Waals surface area contributed by atoms with Crippen molar-refractivity contribution in [3.05, 3.63) is 53.1 Å². The molecule has 0 bridgehead atoms. The van der Waals surface area contributed by atoms with Gasteiger partial charge in [-0.2, -0.15) is 4.31 Å². The monoisotopic (exact) mass is 449 g/mol. The van der Waals surface area contributed by atoms with Crippen LogP contribution in [0.3, 0.4) is 0 Å². The molecule has 1 heterocycles. The van der Waals surface area contributed by atoms with Gasteiger partial charge in [0, 0.05) is 25.7 Å². The number of halogens is 1. The average molecular weight is 450 g/mol. The normalized spacial score (nSPS) is 14.9. The molecule has 1 aliphatic rings. The molecule has 160 valence electrons. The second-order valence-corrected chi connectivity index (χ2v) is 9.55. The van der Waals surface area contributed by atoms with E-state index >= 15 is 0 Å². The lowest BCUT2D eigenvalue weighted by molar-refractivity contribution is -0.116. The van der Waals surface area contributed by atoms with Gasteiger partial charge in [0.1, 0.15) is 0 Å². The number of rotatable bonds is 6. The minimum Gasteiger partial charge on any atom is -0.326 e. The molecule has 1 fully saturated rings. The summed E-state index contributed by atoms with van der Waals surface area (Å²) in [5.41, 5.74) is 1.66. The van der Waals surface area contributed by atoms with Gasteiger partial charge in [-0.3, -0.25) is 9.59 Å². The maximum atomic E-state index is 12.7. The number of piperidine rings is 1. The summed E-state index contributed by atoms with van der Waals surface area (Å²) in [6.45, 7) is 2.49. The van der Waals surface area contributed by atoms with E-state index in [0.717, 1.165) is 19.3 Å². The zero-order chi connectivity index (χ0) is 21.7. The van der Waals surface area contributed by atoms with Crippen LogP contribution in [0.2, 0.25) is 5.02 Å². The number of amides is 2. The number of carbonyl (C=O) groups excluding carboxylic acids is 2. The van der Waals surface area contributed by atoms with Crippen LogP contribution in [0.1, 0.15) is 31.7 Å². The van der Waals surface area contributed by atoms with E-state index < -0.39 is 10.0 Å². The van der Waals surface area contributed by atoms with Crippen molar-refractivity contribution in [3.63, 3.8) is 0 Å². The van der Waals surface area contributed by atoms with E-state index in [1.165, 1.54) is 11.2 Å². The highest BCUT2D eigenvalue weighted by Crippen LogP contribution is 2.26. The molecular weight excluding hydrogens is 426 g/mol. The van der Waals surface area contributed by atoms with E-state index in [0.29, 0.717) is 35.1 Å². The van der Waals surface area contributed by atoms with Gasteiger partial charge >= 0.3 is 0 Å². The maximum Gasteiger partial charge on any atom is 0.243 e. The first-order chi connectivity index (χ1) is 14.3. The predicted molar refractivity (Wildman–Crippen MR) is 117 cm³/mol. The molecule has 0 spiro atoms. The molecule has 1 aliphatic heterocycles. The first kappa shape index (κ1) is 22.3. The van der Waals surface area contributed by atoms with Crippen LogP contribution in [0.4, 0.5) is 11.4 Å². The van der Waals surface area contributed by atoms with Crippen LogP contribution in [0.25, 0.3) is 0 Å². The van der Waals surface area contributed by atoms with E-state index in [-0.39, 0.29) is 23.1 Å². The Morgan fingerprint density at radius 1 is 1.00 bits per heavy atom. The van der Waals surface area contributed by atoms with Crippen molar-refractivity contribution in [2.45, 2.75) is 37.5 Å². The van der Waals surface area contributed by atoms with Gasteiger partial charge in [-0.1, -0.05) is 30.2 Å². The standard InChI is InChI=1S/C21H24ClN3O4S/c1-15(26)23-17-7-10-20(19(22)14-17)24-21(27)13-16-5-8-18(9-6-16)30(28,29)25-11-3-2-4-12-25/h5-10,14H,2-4,11-13H2,1H3,(H,23,26)(H,24,27). The molecule has 0 aliphatic carbocycles. The number of nitrogens with one attached hydrogen (secondary N) is 2.